The molecule has 1 aromatic carbocycles. The standard InChI is InChI=1S/C11H12N2O/c12-9-4-6-14-11-7(9)1-2-10-8(11)3-5-13-10/h1-3,5,9,13H,4,6,12H2/t9-/m0/s1. The minimum Gasteiger partial charge on any atom is -0.492 e. The fourth-order valence-electron chi connectivity index (χ4n) is 2.02. The van der Waals surface area contributed by atoms with Gasteiger partial charge in [0.05, 0.1) is 6.61 Å². The molecule has 3 nitrogen and oxygen atoms in total. The van der Waals surface area contributed by atoms with E-state index in [0.717, 1.165) is 35.2 Å². The topological polar surface area (TPSA) is 51.0 Å². The van der Waals surface area contributed by atoms with E-state index in [1.165, 1.54) is 0 Å². The Balaban J connectivity index is 2.32. The minimum atomic E-state index is 0.123. The molecule has 0 spiro atoms. The summed E-state index contributed by atoms with van der Waals surface area (Å²) >= 11 is 0. The van der Waals surface area contributed by atoms with Crippen LogP contribution in [0.5, 0.6) is 5.75 Å². The van der Waals surface area contributed by atoms with Crippen LogP contribution >= 0.6 is 0 Å². The predicted octanol–water partition coefficient (Wildman–Crippen LogP) is 1.95. The highest BCUT2D eigenvalue weighted by Gasteiger charge is 2.20. The van der Waals surface area contributed by atoms with Crippen LogP contribution < -0.4 is 10.5 Å². The van der Waals surface area contributed by atoms with E-state index < -0.39 is 0 Å². The number of fused-ring (bicyclic) bond motifs is 3. The Morgan fingerprint density at radius 3 is 3.21 bits per heavy atom. The Kier molecular flexibility index (Phi) is 1.55. The summed E-state index contributed by atoms with van der Waals surface area (Å²) in [5, 5.41) is 1.14. The van der Waals surface area contributed by atoms with Crippen molar-refractivity contribution in [3.63, 3.8) is 0 Å². The number of aromatic amines is 1. The largest absolute Gasteiger partial charge is 0.492 e. The Labute approximate surface area is 81.9 Å². The van der Waals surface area contributed by atoms with Gasteiger partial charge in [0.25, 0.3) is 0 Å². The predicted molar refractivity (Wildman–Crippen MR) is 55.3 cm³/mol. The van der Waals surface area contributed by atoms with Crippen LogP contribution in [0.25, 0.3) is 10.9 Å². The summed E-state index contributed by atoms with van der Waals surface area (Å²) in [6.07, 6.45) is 2.83. The van der Waals surface area contributed by atoms with E-state index in [2.05, 4.69) is 17.1 Å². The van der Waals surface area contributed by atoms with Crippen molar-refractivity contribution in [2.75, 3.05) is 6.61 Å². The van der Waals surface area contributed by atoms with Crippen LogP contribution in [0.1, 0.15) is 18.0 Å². The average Bonchev–Trinajstić information content (AvgIpc) is 2.66. The van der Waals surface area contributed by atoms with Gasteiger partial charge in [-0.1, -0.05) is 6.07 Å². The third-order valence-corrected chi connectivity index (χ3v) is 2.79. The van der Waals surface area contributed by atoms with Crippen molar-refractivity contribution in [3.8, 4) is 5.75 Å². The molecule has 1 aromatic heterocycles. The molecule has 0 aliphatic carbocycles. The normalized spacial score (nSPS) is 20.5. The van der Waals surface area contributed by atoms with E-state index in [4.69, 9.17) is 10.5 Å². The Hall–Kier alpha value is -1.48. The molecule has 1 aliphatic rings. The second kappa shape index (κ2) is 2.75. The van der Waals surface area contributed by atoms with Crippen molar-refractivity contribution in [2.24, 2.45) is 5.73 Å². The molecule has 1 aliphatic heterocycles. The molecule has 1 atom stereocenters. The number of H-pyrrole nitrogens is 1. The molecule has 0 saturated heterocycles. The third-order valence-electron chi connectivity index (χ3n) is 2.79. The highest BCUT2D eigenvalue weighted by molar-refractivity contribution is 5.87. The number of hydrogen-bond donors (Lipinski definition) is 2. The van der Waals surface area contributed by atoms with E-state index in [1.54, 1.807) is 0 Å². The molecular formula is C11H12N2O. The molecule has 14 heavy (non-hydrogen) atoms. The monoisotopic (exact) mass is 188 g/mol. The smallest absolute Gasteiger partial charge is 0.133 e. The summed E-state index contributed by atoms with van der Waals surface area (Å²) in [7, 11) is 0. The molecule has 3 heteroatoms. The summed E-state index contributed by atoms with van der Waals surface area (Å²) in [5.41, 5.74) is 8.25. The minimum absolute atomic E-state index is 0.123. The lowest BCUT2D eigenvalue weighted by Gasteiger charge is -2.23. The summed E-state index contributed by atoms with van der Waals surface area (Å²) < 4.78 is 5.67. The lowest BCUT2D eigenvalue weighted by Crippen LogP contribution is -2.20. The number of hydrogen-bond acceptors (Lipinski definition) is 2. The zero-order valence-electron chi connectivity index (χ0n) is 7.79. The zero-order valence-corrected chi connectivity index (χ0v) is 7.79. The van der Waals surface area contributed by atoms with Crippen LogP contribution in [0.4, 0.5) is 0 Å². The van der Waals surface area contributed by atoms with E-state index >= 15 is 0 Å². The van der Waals surface area contributed by atoms with E-state index in [0.29, 0.717) is 0 Å². The van der Waals surface area contributed by atoms with Crippen LogP contribution in [0, 0.1) is 0 Å². The van der Waals surface area contributed by atoms with Gasteiger partial charge in [0, 0.05) is 35.1 Å². The lowest BCUT2D eigenvalue weighted by atomic mass is 9.99. The molecule has 2 aromatic rings. The first-order valence-corrected chi connectivity index (χ1v) is 4.84. The first-order valence-electron chi connectivity index (χ1n) is 4.84. The first kappa shape index (κ1) is 7.88. The maximum atomic E-state index is 6.02. The van der Waals surface area contributed by atoms with Crippen molar-refractivity contribution in [2.45, 2.75) is 12.5 Å². The number of rotatable bonds is 0. The molecule has 3 rings (SSSR count). The second-order valence-electron chi connectivity index (χ2n) is 3.67. The number of ether oxygens (including phenoxy) is 1. The number of nitrogens with one attached hydrogen (secondary N) is 1. The first-order chi connectivity index (χ1) is 6.86. The highest BCUT2D eigenvalue weighted by Crippen LogP contribution is 2.36. The van der Waals surface area contributed by atoms with Gasteiger partial charge < -0.3 is 15.5 Å². The maximum absolute atomic E-state index is 6.02. The highest BCUT2D eigenvalue weighted by atomic mass is 16.5. The molecule has 3 N–H and O–H groups in total. The van der Waals surface area contributed by atoms with Crippen molar-refractivity contribution in [1.82, 2.24) is 4.98 Å². The summed E-state index contributed by atoms with van der Waals surface area (Å²) in [6.45, 7) is 0.721. The number of nitrogens with two attached hydrogens (primary N) is 1. The quantitative estimate of drug-likeness (QED) is 0.664. The second-order valence-corrected chi connectivity index (χ2v) is 3.67. The van der Waals surface area contributed by atoms with Crippen LogP contribution in [-0.2, 0) is 0 Å². The Bertz CT molecular complexity index is 475. The van der Waals surface area contributed by atoms with Crippen molar-refractivity contribution < 1.29 is 4.74 Å². The Morgan fingerprint density at radius 1 is 1.36 bits per heavy atom. The van der Waals surface area contributed by atoms with Crippen LogP contribution in [0.2, 0.25) is 0 Å². The zero-order chi connectivity index (χ0) is 9.54. The van der Waals surface area contributed by atoms with Gasteiger partial charge in [0.2, 0.25) is 0 Å². The maximum Gasteiger partial charge on any atom is 0.133 e. The van der Waals surface area contributed by atoms with Gasteiger partial charge in [-0.3, -0.25) is 0 Å². The van der Waals surface area contributed by atoms with Crippen LogP contribution in [0.3, 0.4) is 0 Å². The fourth-order valence-corrected chi connectivity index (χ4v) is 2.02. The van der Waals surface area contributed by atoms with Gasteiger partial charge in [-0.15, -0.1) is 0 Å². The van der Waals surface area contributed by atoms with Gasteiger partial charge in [-0.2, -0.15) is 0 Å². The van der Waals surface area contributed by atoms with E-state index in [-0.39, 0.29) is 6.04 Å². The van der Waals surface area contributed by atoms with Gasteiger partial charge >= 0.3 is 0 Å². The van der Waals surface area contributed by atoms with E-state index in [9.17, 15) is 0 Å². The molecule has 0 unspecified atom stereocenters. The SMILES string of the molecule is N[C@H]1CCOc2c1ccc1[nH]ccc21. The van der Waals surface area contributed by atoms with E-state index in [1.807, 2.05) is 12.3 Å². The summed E-state index contributed by atoms with van der Waals surface area (Å²) in [6, 6.07) is 6.27. The molecule has 0 radical (unpaired) electrons. The molecule has 0 bridgehead atoms. The third kappa shape index (κ3) is 0.960. The van der Waals surface area contributed by atoms with Crippen LogP contribution in [0.15, 0.2) is 24.4 Å². The summed E-state index contributed by atoms with van der Waals surface area (Å²) in [5.74, 6) is 0.961. The van der Waals surface area contributed by atoms with Crippen molar-refractivity contribution >= 4 is 10.9 Å². The fraction of sp³-hybridized carbons (Fsp3) is 0.273. The Morgan fingerprint density at radius 2 is 2.29 bits per heavy atom. The van der Waals surface area contributed by atoms with Gasteiger partial charge in [-0.25, -0.2) is 0 Å². The lowest BCUT2D eigenvalue weighted by molar-refractivity contribution is 0.272. The van der Waals surface area contributed by atoms with Gasteiger partial charge in [0.15, 0.2) is 0 Å². The molecule has 0 saturated carbocycles. The van der Waals surface area contributed by atoms with Crippen LogP contribution in [-0.4, -0.2) is 11.6 Å². The van der Waals surface area contributed by atoms with Gasteiger partial charge in [0.1, 0.15) is 5.75 Å². The molecule has 2 heterocycles. The molecular weight excluding hydrogens is 176 g/mol. The number of aromatic nitrogens is 1. The molecule has 72 valence electrons. The van der Waals surface area contributed by atoms with Crippen molar-refractivity contribution in [3.05, 3.63) is 30.0 Å². The van der Waals surface area contributed by atoms with Crippen molar-refractivity contribution in [1.29, 1.82) is 0 Å². The molecule has 0 amide bonds. The molecule has 0 fully saturated rings. The van der Waals surface area contributed by atoms with Gasteiger partial charge in [-0.05, 0) is 12.1 Å². The number of benzene rings is 1. The average molecular weight is 188 g/mol. The summed E-state index contributed by atoms with van der Waals surface area (Å²) in [4.78, 5) is 3.16.